The fraction of sp³-hybridized carbons (Fsp3) is 0. The van der Waals surface area contributed by atoms with Gasteiger partial charge in [-0.25, -0.2) is 4.39 Å². The van der Waals surface area contributed by atoms with Crippen LogP contribution in [0.15, 0.2) is 29.7 Å². The second kappa shape index (κ2) is 3.83. The Morgan fingerprint density at radius 1 is 1.27 bits per heavy atom. The van der Waals surface area contributed by atoms with Crippen molar-refractivity contribution in [2.24, 2.45) is 0 Å². The molecule has 0 N–H and O–H groups in total. The summed E-state index contributed by atoms with van der Waals surface area (Å²) in [6, 6.07) is 6.10. The lowest BCUT2D eigenvalue weighted by Crippen LogP contribution is -1.76. The van der Waals surface area contributed by atoms with Gasteiger partial charge >= 0.3 is 0 Å². The monoisotopic (exact) mass is 186 g/mol. The van der Waals surface area contributed by atoms with Gasteiger partial charge in [0.15, 0.2) is 0 Å². The number of hydrogen-bond donors (Lipinski definition) is 2. The molecule has 0 spiro atoms. The molecular weight excluding hydrogens is 179 g/mol. The van der Waals surface area contributed by atoms with Gasteiger partial charge in [-0.2, -0.15) is 12.6 Å². The number of benzene rings is 1. The number of rotatable bonds is 1. The summed E-state index contributed by atoms with van der Waals surface area (Å²) in [5.74, 6) is -0.242. The minimum Gasteiger partial charge on any atom is -0.207 e. The molecule has 0 aliphatic carbocycles. The highest BCUT2D eigenvalue weighted by atomic mass is 32.1. The standard InChI is InChI=1S/C8H7FS2/c9-7-3-1-6(2-4-7)8(11)5-10/h1-5,10-11H/b8-5-. The van der Waals surface area contributed by atoms with Crippen molar-refractivity contribution in [2.45, 2.75) is 0 Å². The Kier molecular flexibility index (Phi) is 3.02. The molecule has 0 fully saturated rings. The van der Waals surface area contributed by atoms with E-state index in [1.165, 1.54) is 12.1 Å². The molecule has 0 bridgehead atoms. The fourth-order valence-corrected chi connectivity index (χ4v) is 0.993. The van der Waals surface area contributed by atoms with Crippen LogP contribution in [0.25, 0.3) is 4.91 Å². The van der Waals surface area contributed by atoms with Crippen LogP contribution in [0.1, 0.15) is 5.56 Å². The third-order valence-corrected chi connectivity index (χ3v) is 2.11. The number of hydrogen-bond acceptors (Lipinski definition) is 2. The van der Waals surface area contributed by atoms with Gasteiger partial charge in [-0.15, -0.1) is 12.6 Å². The van der Waals surface area contributed by atoms with E-state index in [1.54, 1.807) is 17.5 Å². The van der Waals surface area contributed by atoms with Crippen molar-refractivity contribution in [3.63, 3.8) is 0 Å². The first kappa shape index (κ1) is 8.68. The van der Waals surface area contributed by atoms with Gasteiger partial charge in [0.05, 0.1) is 0 Å². The van der Waals surface area contributed by atoms with E-state index in [0.29, 0.717) is 0 Å². The van der Waals surface area contributed by atoms with Crippen LogP contribution in [-0.4, -0.2) is 0 Å². The Balaban J connectivity index is 2.99. The Labute approximate surface area is 75.9 Å². The topological polar surface area (TPSA) is 0 Å². The van der Waals surface area contributed by atoms with Gasteiger partial charge in [0.1, 0.15) is 5.82 Å². The van der Waals surface area contributed by atoms with Crippen molar-refractivity contribution >= 4 is 30.2 Å². The second-order valence-electron chi connectivity index (χ2n) is 2.02. The van der Waals surface area contributed by atoms with Crippen LogP contribution in [0.4, 0.5) is 4.39 Å². The Bertz CT molecular complexity index is 264. The molecule has 58 valence electrons. The van der Waals surface area contributed by atoms with Crippen molar-refractivity contribution in [3.05, 3.63) is 41.1 Å². The first-order valence-corrected chi connectivity index (χ1v) is 3.99. The molecule has 0 radical (unpaired) electrons. The van der Waals surface area contributed by atoms with Crippen LogP contribution in [-0.2, 0) is 0 Å². The van der Waals surface area contributed by atoms with Crippen molar-refractivity contribution in [1.82, 2.24) is 0 Å². The Hall–Kier alpha value is -0.410. The third-order valence-electron chi connectivity index (χ3n) is 1.26. The predicted molar refractivity (Wildman–Crippen MR) is 52.3 cm³/mol. The lowest BCUT2D eigenvalue weighted by atomic mass is 10.2. The molecule has 3 heteroatoms. The van der Waals surface area contributed by atoms with Crippen molar-refractivity contribution in [1.29, 1.82) is 0 Å². The maximum atomic E-state index is 12.4. The summed E-state index contributed by atoms with van der Waals surface area (Å²) >= 11 is 8.04. The molecule has 0 saturated heterocycles. The van der Waals surface area contributed by atoms with Gasteiger partial charge < -0.3 is 0 Å². The molecule has 1 aromatic carbocycles. The van der Waals surface area contributed by atoms with Crippen LogP contribution >= 0.6 is 25.3 Å². The zero-order chi connectivity index (χ0) is 8.27. The summed E-state index contributed by atoms with van der Waals surface area (Å²) < 4.78 is 12.4. The molecule has 0 heterocycles. The maximum absolute atomic E-state index is 12.4. The lowest BCUT2D eigenvalue weighted by Gasteiger charge is -1.97. The third kappa shape index (κ3) is 2.27. The minimum absolute atomic E-state index is 0.242. The van der Waals surface area contributed by atoms with Gasteiger partial charge in [-0.05, 0) is 23.1 Å². The highest BCUT2D eigenvalue weighted by Crippen LogP contribution is 2.18. The van der Waals surface area contributed by atoms with Gasteiger partial charge in [-0.3, -0.25) is 0 Å². The average Bonchev–Trinajstić information content (AvgIpc) is 2.05. The van der Waals surface area contributed by atoms with Crippen LogP contribution in [0, 0.1) is 5.82 Å². The largest absolute Gasteiger partial charge is 0.207 e. The van der Waals surface area contributed by atoms with E-state index in [4.69, 9.17) is 0 Å². The Morgan fingerprint density at radius 2 is 1.82 bits per heavy atom. The molecule has 0 amide bonds. The molecular formula is C8H7FS2. The maximum Gasteiger partial charge on any atom is 0.123 e. The SMILES string of the molecule is Fc1ccc(/C(S)=C/S)cc1. The van der Waals surface area contributed by atoms with Crippen molar-refractivity contribution in [2.75, 3.05) is 0 Å². The second-order valence-corrected chi connectivity index (χ2v) is 2.76. The van der Waals surface area contributed by atoms with E-state index in [1.807, 2.05) is 0 Å². The quantitative estimate of drug-likeness (QED) is 0.619. The highest BCUT2D eigenvalue weighted by Gasteiger charge is 1.94. The summed E-state index contributed by atoms with van der Waals surface area (Å²) in [5.41, 5.74) is 0.865. The van der Waals surface area contributed by atoms with Crippen molar-refractivity contribution in [3.8, 4) is 0 Å². The van der Waals surface area contributed by atoms with Crippen LogP contribution < -0.4 is 0 Å². The first-order chi connectivity index (χ1) is 5.24. The molecule has 1 rings (SSSR count). The van der Waals surface area contributed by atoms with E-state index < -0.39 is 0 Å². The van der Waals surface area contributed by atoms with E-state index in [0.717, 1.165) is 10.5 Å². The molecule has 0 unspecified atom stereocenters. The summed E-state index contributed by atoms with van der Waals surface area (Å²) in [6.45, 7) is 0. The molecule has 0 nitrogen and oxygen atoms in total. The molecule has 0 aliphatic rings. The fourth-order valence-electron chi connectivity index (χ4n) is 0.695. The normalized spacial score (nSPS) is 11.7. The summed E-state index contributed by atoms with van der Waals surface area (Å²) in [7, 11) is 0. The van der Waals surface area contributed by atoms with E-state index in [9.17, 15) is 4.39 Å². The zero-order valence-corrected chi connectivity index (χ0v) is 7.45. The van der Waals surface area contributed by atoms with Gasteiger partial charge in [0, 0.05) is 4.91 Å². The Morgan fingerprint density at radius 3 is 2.27 bits per heavy atom. The van der Waals surface area contributed by atoms with E-state index in [2.05, 4.69) is 25.3 Å². The molecule has 0 aromatic heterocycles. The smallest absolute Gasteiger partial charge is 0.123 e. The molecule has 0 saturated carbocycles. The summed E-state index contributed by atoms with van der Waals surface area (Å²) in [4.78, 5) is 0.730. The van der Waals surface area contributed by atoms with Crippen LogP contribution in [0.3, 0.4) is 0 Å². The number of thiol groups is 2. The summed E-state index contributed by atoms with van der Waals surface area (Å²) in [5, 5.41) is 1.57. The van der Waals surface area contributed by atoms with Gasteiger partial charge in [-0.1, -0.05) is 12.1 Å². The van der Waals surface area contributed by atoms with Gasteiger partial charge in [0.2, 0.25) is 0 Å². The molecule has 11 heavy (non-hydrogen) atoms. The minimum atomic E-state index is -0.242. The van der Waals surface area contributed by atoms with Crippen LogP contribution in [0.5, 0.6) is 0 Å². The lowest BCUT2D eigenvalue weighted by molar-refractivity contribution is 0.628. The molecule has 0 aliphatic heterocycles. The van der Waals surface area contributed by atoms with Gasteiger partial charge in [0.25, 0.3) is 0 Å². The number of halogens is 1. The van der Waals surface area contributed by atoms with E-state index in [-0.39, 0.29) is 5.82 Å². The molecule has 1 aromatic rings. The van der Waals surface area contributed by atoms with E-state index >= 15 is 0 Å². The highest BCUT2D eigenvalue weighted by molar-refractivity contribution is 7.92. The van der Waals surface area contributed by atoms with Crippen LogP contribution in [0.2, 0.25) is 0 Å². The predicted octanol–water partition coefficient (Wildman–Crippen LogP) is 2.98. The average molecular weight is 186 g/mol. The first-order valence-electron chi connectivity index (χ1n) is 3.03. The molecule has 0 atom stereocenters. The summed E-state index contributed by atoms with van der Waals surface area (Å²) in [6.07, 6.45) is 0. The zero-order valence-electron chi connectivity index (χ0n) is 5.66. The van der Waals surface area contributed by atoms with Crippen molar-refractivity contribution < 1.29 is 4.39 Å².